The predicted octanol–water partition coefficient (Wildman–Crippen LogP) is 2.17. The molecule has 2 N–H and O–H groups in total. The smallest absolute Gasteiger partial charge is 0.128 e. The molecule has 5 heteroatoms. The first-order valence-corrected chi connectivity index (χ1v) is 6.47. The third-order valence-electron chi connectivity index (χ3n) is 3.17. The van der Waals surface area contributed by atoms with E-state index in [0.29, 0.717) is 12.3 Å². The van der Waals surface area contributed by atoms with E-state index in [1.807, 2.05) is 43.7 Å². The highest BCUT2D eigenvalue weighted by Gasteiger charge is 2.06. The second-order valence-electron chi connectivity index (χ2n) is 4.67. The summed E-state index contributed by atoms with van der Waals surface area (Å²) in [6.45, 7) is 0.597. The Hall–Kier alpha value is -2.56. The van der Waals surface area contributed by atoms with E-state index in [2.05, 4.69) is 10.1 Å². The summed E-state index contributed by atoms with van der Waals surface area (Å²) in [7, 11) is 1.91. The molecule has 0 spiro atoms. The van der Waals surface area contributed by atoms with Crippen LogP contribution < -0.4 is 10.5 Å². The van der Waals surface area contributed by atoms with E-state index in [4.69, 9.17) is 10.5 Å². The fraction of sp³-hybridized carbons (Fsp3) is 0.200. The summed E-state index contributed by atoms with van der Waals surface area (Å²) in [5, 5.41) is 5.08. The maximum Gasteiger partial charge on any atom is 0.128 e. The number of ether oxygens (including phenoxy) is 1. The third-order valence-corrected chi connectivity index (χ3v) is 3.17. The Labute approximate surface area is 117 Å². The van der Waals surface area contributed by atoms with Gasteiger partial charge in [0.05, 0.1) is 24.0 Å². The Bertz CT molecular complexity index is 736. The Morgan fingerprint density at radius 2 is 2.20 bits per heavy atom. The van der Waals surface area contributed by atoms with Crippen LogP contribution in [0.5, 0.6) is 5.75 Å². The monoisotopic (exact) mass is 268 g/mol. The minimum absolute atomic E-state index is 0.597. The van der Waals surface area contributed by atoms with Gasteiger partial charge in [0.25, 0.3) is 0 Å². The molecule has 102 valence electrons. The van der Waals surface area contributed by atoms with E-state index in [-0.39, 0.29) is 0 Å². The molecule has 1 aromatic carbocycles. The molecule has 0 radical (unpaired) electrons. The first kappa shape index (κ1) is 12.5. The van der Waals surface area contributed by atoms with Crippen LogP contribution in [0.1, 0.15) is 5.56 Å². The standard InChI is InChI=1S/C15H16N4O/c1-19-10-11(9-18-19)6-8-20-14-5-4-13(16)15-12(14)3-2-7-17-15/h2-5,7,9-10H,6,8,16H2,1H3. The fourth-order valence-electron chi connectivity index (χ4n) is 2.17. The average molecular weight is 268 g/mol. The summed E-state index contributed by atoms with van der Waals surface area (Å²) < 4.78 is 7.64. The number of hydrogen-bond donors (Lipinski definition) is 1. The average Bonchev–Trinajstić information content (AvgIpc) is 2.87. The molecule has 0 unspecified atom stereocenters. The second kappa shape index (κ2) is 5.21. The molecule has 0 aliphatic carbocycles. The van der Waals surface area contributed by atoms with E-state index in [9.17, 15) is 0 Å². The number of aryl methyl sites for hydroxylation is 1. The van der Waals surface area contributed by atoms with Crippen LogP contribution in [0, 0.1) is 0 Å². The van der Waals surface area contributed by atoms with Crippen LogP contribution in [-0.4, -0.2) is 21.4 Å². The summed E-state index contributed by atoms with van der Waals surface area (Å²) in [5.74, 6) is 0.811. The molecular weight excluding hydrogens is 252 g/mol. The summed E-state index contributed by atoms with van der Waals surface area (Å²) in [5.41, 5.74) is 8.53. The number of pyridine rings is 1. The molecule has 2 aromatic heterocycles. The van der Waals surface area contributed by atoms with Crippen molar-refractivity contribution in [1.29, 1.82) is 0 Å². The fourth-order valence-corrected chi connectivity index (χ4v) is 2.17. The summed E-state index contributed by atoms with van der Waals surface area (Å²) >= 11 is 0. The molecule has 0 amide bonds. The number of nitrogens with two attached hydrogens (primary N) is 1. The number of aromatic nitrogens is 3. The van der Waals surface area contributed by atoms with Crippen LogP contribution in [0.3, 0.4) is 0 Å². The van der Waals surface area contributed by atoms with Gasteiger partial charge in [-0.3, -0.25) is 9.67 Å². The molecule has 0 atom stereocenters. The number of anilines is 1. The van der Waals surface area contributed by atoms with Crippen molar-refractivity contribution in [2.45, 2.75) is 6.42 Å². The van der Waals surface area contributed by atoms with Gasteiger partial charge in [-0.25, -0.2) is 0 Å². The van der Waals surface area contributed by atoms with Gasteiger partial charge >= 0.3 is 0 Å². The number of fused-ring (bicyclic) bond motifs is 1. The molecule has 0 fully saturated rings. The van der Waals surface area contributed by atoms with Crippen molar-refractivity contribution in [1.82, 2.24) is 14.8 Å². The summed E-state index contributed by atoms with van der Waals surface area (Å²) in [4.78, 5) is 4.29. The zero-order valence-corrected chi connectivity index (χ0v) is 11.3. The number of hydrogen-bond acceptors (Lipinski definition) is 4. The van der Waals surface area contributed by atoms with Gasteiger partial charge in [-0.2, -0.15) is 5.10 Å². The molecule has 0 saturated carbocycles. The van der Waals surface area contributed by atoms with Gasteiger partial charge in [-0.15, -0.1) is 0 Å². The highest BCUT2D eigenvalue weighted by atomic mass is 16.5. The van der Waals surface area contributed by atoms with Crippen molar-refractivity contribution >= 4 is 16.6 Å². The quantitative estimate of drug-likeness (QED) is 0.736. The first-order valence-electron chi connectivity index (χ1n) is 6.47. The number of rotatable bonds is 4. The summed E-state index contributed by atoms with van der Waals surface area (Å²) in [6, 6.07) is 7.57. The Morgan fingerprint density at radius 3 is 3.00 bits per heavy atom. The van der Waals surface area contributed by atoms with Crippen LogP contribution >= 0.6 is 0 Å². The molecule has 0 saturated heterocycles. The van der Waals surface area contributed by atoms with Crippen LogP contribution in [0.15, 0.2) is 42.9 Å². The van der Waals surface area contributed by atoms with Crippen LogP contribution in [-0.2, 0) is 13.5 Å². The van der Waals surface area contributed by atoms with Gasteiger partial charge < -0.3 is 10.5 Å². The van der Waals surface area contributed by atoms with E-state index in [1.54, 1.807) is 10.9 Å². The molecule has 5 nitrogen and oxygen atoms in total. The lowest BCUT2D eigenvalue weighted by Crippen LogP contribution is -2.02. The Kier molecular flexibility index (Phi) is 3.25. The van der Waals surface area contributed by atoms with Crippen molar-refractivity contribution < 1.29 is 4.74 Å². The van der Waals surface area contributed by atoms with Gasteiger partial charge in [-0.1, -0.05) is 0 Å². The lowest BCUT2D eigenvalue weighted by Gasteiger charge is -2.09. The van der Waals surface area contributed by atoms with E-state index < -0.39 is 0 Å². The van der Waals surface area contributed by atoms with Gasteiger partial charge in [0.15, 0.2) is 0 Å². The van der Waals surface area contributed by atoms with Gasteiger partial charge in [-0.05, 0) is 29.8 Å². The van der Waals surface area contributed by atoms with Crippen molar-refractivity contribution in [3.05, 3.63) is 48.4 Å². The topological polar surface area (TPSA) is 66.0 Å². The number of benzene rings is 1. The van der Waals surface area contributed by atoms with Crippen molar-refractivity contribution in [2.75, 3.05) is 12.3 Å². The van der Waals surface area contributed by atoms with Crippen molar-refractivity contribution in [2.24, 2.45) is 7.05 Å². The zero-order valence-electron chi connectivity index (χ0n) is 11.3. The highest BCUT2D eigenvalue weighted by Crippen LogP contribution is 2.28. The number of nitrogen functional groups attached to an aromatic ring is 1. The predicted molar refractivity (Wildman–Crippen MR) is 78.6 cm³/mol. The zero-order chi connectivity index (χ0) is 13.9. The normalized spacial score (nSPS) is 10.8. The van der Waals surface area contributed by atoms with Crippen molar-refractivity contribution in [3.8, 4) is 5.75 Å². The molecule has 3 rings (SSSR count). The Morgan fingerprint density at radius 1 is 1.30 bits per heavy atom. The third kappa shape index (κ3) is 2.42. The molecule has 3 aromatic rings. The highest BCUT2D eigenvalue weighted by molar-refractivity contribution is 5.93. The minimum atomic E-state index is 0.597. The largest absolute Gasteiger partial charge is 0.493 e. The molecule has 0 bridgehead atoms. The molecule has 0 aliphatic rings. The number of nitrogens with zero attached hydrogens (tertiary/aromatic N) is 3. The van der Waals surface area contributed by atoms with Gasteiger partial charge in [0.2, 0.25) is 0 Å². The van der Waals surface area contributed by atoms with E-state index in [0.717, 1.165) is 28.6 Å². The first-order chi connectivity index (χ1) is 9.74. The molecule has 2 heterocycles. The lowest BCUT2D eigenvalue weighted by atomic mass is 10.1. The van der Waals surface area contributed by atoms with E-state index in [1.165, 1.54) is 0 Å². The minimum Gasteiger partial charge on any atom is -0.493 e. The molecule has 0 aliphatic heterocycles. The molecular formula is C15H16N4O. The van der Waals surface area contributed by atoms with Crippen LogP contribution in [0.2, 0.25) is 0 Å². The van der Waals surface area contributed by atoms with Gasteiger partial charge in [0, 0.05) is 31.2 Å². The van der Waals surface area contributed by atoms with Crippen LogP contribution in [0.25, 0.3) is 10.9 Å². The summed E-state index contributed by atoms with van der Waals surface area (Å²) in [6.07, 6.45) is 6.40. The Balaban J connectivity index is 1.76. The second-order valence-corrected chi connectivity index (χ2v) is 4.67. The van der Waals surface area contributed by atoms with E-state index >= 15 is 0 Å². The lowest BCUT2D eigenvalue weighted by molar-refractivity contribution is 0.325. The van der Waals surface area contributed by atoms with Crippen LogP contribution in [0.4, 0.5) is 5.69 Å². The van der Waals surface area contributed by atoms with Gasteiger partial charge in [0.1, 0.15) is 5.75 Å². The maximum atomic E-state index is 5.92. The maximum absolute atomic E-state index is 5.92. The van der Waals surface area contributed by atoms with Crippen molar-refractivity contribution in [3.63, 3.8) is 0 Å². The SMILES string of the molecule is Cn1cc(CCOc2ccc(N)c3ncccc23)cn1. The molecule has 20 heavy (non-hydrogen) atoms.